The van der Waals surface area contributed by atoms with Gasteiger partial charge in [-0.2, -0.15) is 0 Å². The standard InChI is InChI=1S/C27H31F2N3O2/c1-17-4-6-20(7-5-17)24-21(15-23(33)34)19(3)25-26-22(24)14-18(2)32(26)13-12-31(25)11-10-30-9-8-27(28,29)16-30/h4-7,14H,8-13,15-16H2,1-3H3,(H,33,34). The van der Waals surface area contributed by atoms with Gasteiger partial charge in [-0.25, -0.2) is 8.78 Å². The minimum Gasteiger partial charge on any atom is -0.481 e. The van der Waals surface area contributed by atoms with Crippen LogP contribution < -0.4 is 4.90 Å². The Hall–Kier alpha value is -2.93. The van der Waals surface area contributed by atoms with Crippen LogP contribution >= 0.6 is 0 Å². The highest BCUT2D eigenvalue weighted by atomic mass is 19.3. The molecule has 0 radical (unpaired) electrons. The van der Waals surface area contributed by atoms with E-state index in [1.165, 1.54) is 0 Å². The number of alkyl halides is 2. The lowest BCUT2D eigenvalue weighted by Gasteiger charge is -2.35. The largest absolute Gasteiger partial charge is 0.481 e. The third-order valence-corrected chi connectivity index (χ3v) is 7.42. The molecule has 3 heterocycles. The Balaban J connectivity index is 1.64. The van der Waals surface area contributed by atoms with E-state index < -0.39 is 11.9 Å². The van der Waals surface area contributed by atoms with Crippen LogP contribution in [0.15, 0.2) is 30.3 Å². The van der Waals surface area contributed by atoms with Gasteiger partial charge in [-0.15, -0.1) is 0 Å². The molecule has 5 nitrogen and oxygen atoms in total. The zero-order valence-corrected chi connectivity index (χ0v) is 20.0. The van der Waals surface area contributed by atoms with Crippen LogP contribution in [0.3, 0.4) is 0 Å². The highest BCUT2D eigenvalue weighted by Crippen LogP contribution is 2.45. The fourth-order valence-electron chi connectivity index (χ4n) is 5.71. The predicted molar refractivity (Wildman–Crippen MR) is 131 cm³/mol. The minimum atomic E-state index is -2.60. The van der Waals surface area contributed by atoms with E-state index in [2.05, 4.69) is 46.7 Å². The fraction of sp³-hybridized carbons (Fsp3) is 0.444. The van der Waals surface area contributed by atoms with Gasteiger partial charge >= 0.3 is 5.97 Å². The van der Waals surface area contributed by atoms with E-state index >= 15 is 0 Å². The van der Waals surface area contributed by atoms with E-state index in [4.69, 9.17) is 0 Å². The first-order valence-electron chi connectivity index (χ1n) is 11.9. The van der Waals surface area contributed by atoms with E-state index in [-0.39, 0.29) is 19.4 Å². The summed E-state index contributed by atoms with van der Waals surface area (Å²) < 4.78 is 29.7. The van der Waals surface area contributed by atoms with Gasteiger partial charge in [0.05, 0.1) is 24.2 Å². The normalized spacial score (nSPS) is 17.6. The summed E-state index contributed by atoms with van der Waals surface area (Å²) in [5.41, 5.74) is 8.28. The third kappa shape index (κ3) is 3.96. The molecule has 1 saturated heterocycles. The SMILES string of the molecule is Cc1ccc(-c2c(CC(=O)O)c(C)c3c4c2cc(C)n4CCN3CCN2CCC(F)(F)C2)cc1. The summed E-state index contributed by atoms with van der Waals surface area (Å²) in [6, 6.07) is 10.4. The molecule has 0 bridgehead atoms. The lowest BCUT2D eigenvalue weighted by atomic mass is 9.88. The average Bonchev–Trinajstić information content (AvgIpc) is 3.30. The van der Waals surface area contributed by atoms with Crippen molar-refractivity contribution in [2.75, 3.05) is 37.6 Å². The van der Waals surface area contributed by atoms with Crippen LogP contribution in [0.25, 0.3) is 22.0 Å². The Morgan fingerprint density at radius 1 is 1.06 bits per heavy atom. The van der Waals surface area contributed by atoms with Gasteiger partial charge in [-0.05, 0) is 49.1 Å². The fourth-order valence-corrected chi connectivity index (χ4v) is 5.71. The maximum Gasteiger partial charge on any atom is 0.307 e. The van der Waals surface area contributed by atoms with Gasteiger partial charge in [0.1, 0.15) is 0 Å². The Labute approximate surface area is 198 Å². The number of carboxylic acid groups (broad SMARTS) is 1. The number of aliphatic carboxylic acids is 1. The molecule has 0 atom stereocenters. The van der Waals surface area contributed by atoms with Gasteiger partial charge in [-0.1, -0.05) is 29.8 Å². The predicted octanol–water partition coefficient (Wildman–Crippen LogP) is 5.02. The highest BCUT2D eigenvalue weighted by Gasteiger charge is 2.38. The van der Waals surface area contributed by atoms with E-state index in [9.17, 15) is 18.7 Å². The van der Waals surface area contributed by atoms with E-state index in [0.717, 1.165) is 63.2 Å². The zero-order chi connectivity index (χ0) is 24.2. The van der Waals surface area contributed by atoms with Crippen LogP contribution in [0.4, 0.5) is 14.5 Å². The Bertz CT molecular complexity index is 1260. The zero-order valence-electron chi connectivity index (χ0n) is 20.0. The molecule has 5 rings (SSSR count). The number of carboxylic acids is 1. The van der Waals surface area contributed by atoms with Crippen molar-refractivity contribution in [3.63, 3.8) is 0 Å². The van der Waals surface area contributed by atoms with Gasteiger partial charge in [0.15, 0.2) is 0 Å². The second-order valence-electron chi connectivity index (χ2n) is 9.83. The molecular formula is C27H31F2N3O2. The summed E-state index contributed by atoms with van der Waals surface area (Å²) in [4.78, 5) is 16.0. The smallest absolute Gasteiger partial charge is 0.307 e. The lowest BCUT2D eigenvalue weighted by molar-refractivity contribution is -0.136. The molecule has 1 aromatic heterocycles. The molecular weight excluding hydrogens is 436 g/mol. The van der Waals surface area contributed by atoms with Crippen LogP contribution in [0.1, 0.15) is 28.8 Å². The lowest BCUT2D eigenvalue weighted by Crippen LogP contribution is -2.39. The number of hydrogen-bond acceptors (Lipinski definition) is 3. The Morgan fingerprint density at radius 3 is 2.44 bits per heavy atom. The maximum atomic E-state index is 13.7. The molecule has 3 aromatic rings. The van der Waals surface area contributed by atoms with Gasteiger partial charge in [-0.3, -0.25) is 9.69 Å². The average molecular weight is 468 g/mol. The number of aryl methyl sites for hydroxylation is 2. The molecule has 7 heteroatoms. The van der Waals surface area contributed by atoms with Crippen molar-refractivity contribution in [2.45, 2.75) is 46.1 Å². The third-order valence-electron chi connectivity index (χ3n) is 7.42. The monoisotopic (exact) mass is 467 g/mol. The Morgan fingerprint density at radius 2 is 1.79 bits per heavy atom. The molecule has 2 aliphatic rings. The number of nitrogens with zero attached hydrogens (tertiary/aromatic N) is 3. The van der Waals surface area contributed by atoms with Crippen LogP contribution in [-0.4, -0.2) is 59.2 Å². The van der Waals surface area contributed by atoms with Crippen molar-refractivity contribution in [1.82, 2.24) is 9.47 Å². The molecule has 2 aliphatic heterocycles. The molecule has 0 saturated carbocycles. The summed E-state index contributed by atoms with van der Waals surface area (Å²) in [6.07, 6.45) is -0.138. The number of rotatable bonds is 6. The minimum absolute atomic E-state index is 0.0611. The molecule has 0 unspecified atom stereocenters. The van der Waals surface area contributed by atoms with Crippen molar-refractivity contribution < 1.29 is 18.7 Å². The summed E-state index contributed by atoms with van der Waals surface area (Å²) in [5.74, 6) is -3.46. The second-order valence-corrected chi connectivity index (χ2v) is 9.83. The van der Waals surface area contributed by atoms with E-state index in [1.807, 2.05) is 18.7 Å². The van der Waals surface area contributed by atoms with Crippen LogP contribution in [0.2, 0.25) is 0 Å². The summed E-state index contributed by atoms with van der Waals surface area (Å²) in [7, 11) is 0. The van der Waals surface area contributed by atoms with Gasteiger partial charge in [0.25, 0.3) is 5.92 Å². The first-order valence-corrected chi connectivity index (χ1v) is 11.9. The van der Waals surface area contributed by atoms with Crippen molar-refractivity contribution in [3.8, 4) is 11.1 Å². The van der Waals surface area contributed by atoms with Crippen molar-refractivity contribution >= 4 is 22.6 Å². The maximum absolute atomic E-state index is 13.7. The van der Waals surface area contributed by atoms with Crippen molar-refractivity contribution in [2.24, 2.45) is 0 Å². The number of halogens is 2. The number of anilines is 1. The number of likely N-dealkylation sites (tertiary alicyclic amines) is 1. The molecule has 1 N–H and O–H groups in total. The molecule has 34 heavy (non-hydrogen) atoms. The summed E-state index contributed by atoms with van der Waals surface area (Å²) in [6.45, 7) is 9.21. The van der Waals surface area contributed by atoms with Crippen molar-refractivity contribution in [1.29, 1.82) is 0 Å². The number of benzene rings is 2. The van der Waals surface area contributed by atoms with Gasteiger partial charge in [0.2, 0.25) is 0 Å². The second kappa shape index (κ2) is 8.38. The first kappa shape index (κ1) is 22.8. The molecule has 0 spiro atoms. The van der Waals surface area contributed by atoms with Crippen LogP contribution in [0.5, 0.6) is 0 Å². The summed E-state index contributed by atoms with van der Waals surface area (Å²) >= 11 is 0. The first-order chi connectivity index (χ1) is 16.1. The number of hydrogen-bond donors (Lipinski definition) is 1. The van der Waals surface area contributed by atoms with Crippen LogP contribution in [0, 0.1) is 20.8 Å². The van der Waals surface area contributed by atoms with E-state index in [0.29, 0.717) is 19.6 Å². The van der Waals surface area contributed by atoms with Crippen molar-refractivity contribution in [3.05, 3.63) is 52.7 Å². The van der Waals surface area contributed by atoms with Crippen LogP contribution in [-0.2, 0) is 17.8 Å². The quantitative estimate of drug-likeness (QED) is 0.553. The molecule has 1 fully saturated rings. The topological polar surface area (TPSA) is 48.7 Å². The molecule has 180 valence electrons. The Kier molecular flexibility index (Phi) is 5.63. The highest BCUT2D eigenvalue weighted by molar-refractivity contribution is 6.07. The summed E-state index contributed by atoms with van der Waals surface area (Å²) in [5, 5.41) is 10.8. The number of aromatic nitrogens is 1. The van der Waals surface area contributed by atoms with E-state index in [1.54, 1.807) is 0 Å². The molecule has 0 amide bonds. The molecule has 2 aromatic carbocycles. The number of carbonyl (C=O) groups is 1. The molecule has 0 aliphatic carbocycles. The van der Waals surface area contributed by atoms with Gasteiger partial charge < -0.3 is 14.6 Å². The van der Waals surface area contributed by atoms with Gasteiger partial charge in [0, 0.05) is 50.2 Å².